The second-order valence-electron chi connectivity index (χ2n) is 4.63. The molecule has 104 valence electrons. The average Bonchev–Trinajstić information content (AvgIpc) is 2.28. The maximum atomic E-state index is 11.7. The molecule has 2 amide bonds. The number of morpholine rings is 1. The molecule has 0 spiro atoms. The summed E-state index contributed by atoms with van der Waals surface area (Å²) in [6.07, 6.45) is -0.0752. The highest BCUT2D eigenvalue weighted by Crippen LogP contribution is 2.06. The van der Waals surface area contributed by atoms with Gasteiger partial charge in [-0.2, -0.15) is 0 Å². The van der Waals surface area contributed by atoms with E-state index in [1.165, 1.54) is 0 Å². The molecule has 7 nitrogen and oxygen atoms in total. The predicted molar refractivity (Wildman–Crippen MR) is 64.9 cm³/mol. The van der Waals surface area contributed by atoms with Gasteiger partial charge < -0.3 is 15.2 Å². The number of carboxylic acid groups (broad SMARTS) is 1. The Morgan fingerprint density at radius 2 is 1.94 bits per heavy atom. The largest absolute Gasteiger partial charge is 0.481 e. The maximum Gasteiger partial charge on any atom is 0.329 e. The van der Waals surface area contributed by atoms with Crippen LogP contribution in [0.1, 0.15) is 20.3 Å². The van der Waals surface area contributed by atoms with Crippen LogP contribution >= 0.6 is 0 Å². The summed E-state index contributed by atoms with van der Waals surface area (Å²) in [4.78, 5) is 22.4. The number of ether oxygens (including phenoxy) is 1. The van der Waals surface area contributed by atoms with E-state index >= 15 is 0 Å². The Bertz CT molecular complexity index is 290. The Kier molecular flexibility index (Phi) is 5.87. The Morgan fingerprint density at radius 3 is 2.44 bits per heavy atom. The lowest BCUT2D eigenvalue weighted by atomic mass is 10.0. The van der Waals surface area contributed by atoms with E-state index in [4.69, 9.17) is 9.84 Å². The molecule has 0 saturated carbocycles. The van der Waals surface area contributed by atoms with E-state index in [1.54, 1.807) is 5.01 Å². The Morgan fingerprint density at radius 1 is 1.33 bits per heavy atom. The van der Waals surface area contributed by atoms with Gasteiger partial charge >= 0.3 is 12.0 Å². The molecule has 1 aliphatic rings. The summed E-state index contributed by atoms with van der Waals surface area (Å²) in [7, 11) is 0. The van der Waals surface area contributed by atoms with E-state index in [1.807, 2.05) is 13.8 Å². The molecule has 1 heterocycles. The monoisotopic (exact) mass is 259 g/mol. The van der Waals surface area contributed by atoms with Crippen molar-refractivity contribution in [3.63, 3.8) is 0 Å². The van der Waals surface area contributed by atoms with Gasteiger partial charge in [0.15, 0.2) is 0 Å². The van der Waals surface area contributed by atoms with Crippen LogP contribution in [0.4, 0.5) is 4.79 Å². The van der Waals surface area contributed by atoms with E-state index in [9.17, 15) is 9.59 Å². The molecule has 1 unspecified atom stereocenters. The molecule has 0 radical (unpaired) electrons. The summed E-state index contributed by atoms with van der Waals surface area (Å²) in [6, 6.07) is -0.736. The average molecular weight is 259 g/mol. The third-order valence-corrected chi connectivity index (χ3v) is 2.79. The van der Waals surface area contributed by atoms with Crippen molar-refractivity contribution in [3.05, 3.63) is 0 Å². The van der Waals surface area contributed by atoms with Gasteiger partial charge in [-0.1, -0.05) is 13.8 Å². The first-order valence-corrected chi connectivity index (χ1v) is 6.10. The van der Waals surface area contributed by atoms with Crippen molar-refractivity contribution in [2.75, 3.05) is 26.3 Å². The van der Waals surface area contributed by atoms with Crippen molar-refractivity contribution >= 4 is 12.0 Å². The van der Waals surface area contributed by atoms with Crippen LogP contribution in [0.3, 0.4) is 0 Å². The lowest BCUT2D eigenvalue weighted by molar-refractivity contribution is -0.137. The molecule has 1 atom stereocenters. The number of hydrogen-bond donors (Lipinski definition) is 3. The zero-order chi connectivity index (χ0) is 13.5. The molecule has 1 aliphatic heterocycles. The van der Waals surface area contributed by atoms with Gasteiger partial charge in [-0.3, -0.25) is 10.2 Å². The van der Waals surface area contributed by atoms with Gasteiger partial charge in [0.2, 0.25) is 0 Å². The lowest BCUT2D eigenvalue weighted by Crippen LogP contribution is -2.54. The van der Waals surface area contributed by atoms with Gasteiger partial charge in [-0.05, 0) is 5.92 Å². The summed E-state index contributed by atoms with van der Waals surface area (Å²) >= 11 is 0. The predicted octanol–water partition coefficient (Wildman–Crippen LogP) is 0.0321. The van der Waals surface area contributed by atoms with Crippen molar-refractivity contribution in [3.8, 4) is 0 Å². The third kappa shape index (κ3) is 5.33. The van der Waals surface area contributed by atoms with Crippen molar-refractivity contribution < 1.29 is 19.4 Å². The Hall–Kier alpha value is -1.34. The summed E-state index contributed by atoms with van der Waals surface area (Å²) in [5.41, 5.74) is 2.69. The minimum Gasteiger partial charge on any atom is -0.481 e. The van der Waals surface area contributed by atoms with E-state index in [-0.39, 0.29) is 24.4 Å². The van der Waals surface area contributed by atoms with Gasteiger partial charge in [-0.15, -0.1) is 0 Å². The van der Waals surface area contributed by atoms with Gasteiger partial charge in [0.1, 0.15) is 0 Å². The molecular weight excluding hydrogens is 238 g/mol. The van der Waals surface area contributed by atoms with Crippen molar-refractivity contribution in [2.24, 2.45) is 5.92 Å². The van der Waals surface area contributed by atoms with Crippen molar-refractivity contribution in [2.45, 2.75) is 26.3 Å². The van der Waals surface area contributed by atoms with Crippen LogP contribution in [-0.2, 0) is 9.53 Å². The van der Waals surface area contributed by atoms with E-state index in [0.717, 1.165) is 0 Å². The molecule has 0 aliphatic carbocycles. The topological polar surface area (TPSA) is 90.9 Å². The first-order valence-electron chi connectivity index (χ1n) is 6.10. The molecule has 0 bridgehead atoms. The number of nitrogens with one attached hydrogen (secondary N) is 2. The molecule has 0 aromatic carbocycles. The second kappa shape index (κ2) is 7.17. The normalized spacial score (nSPS) is 18.4. The Labute approximate surface area is 106 Å². The summed E-state index contributed by atoms with van der Waals surface area (Å²) in [6.45, 7) is 6.20. The standard InChI is InChI=1S/C11H21N3O4/c1-8(2)9(7-10(15)16)12-11(17)13-14-3-5-18-6-4-14/h8-9H,3-7H2,1-2H3,(H,15,16)(H2,12,13,17). The van der Waals surface area contributed by atoms with Crippen LogP contribution < -0.4 is 10.7 Å². The third-order valence-electron chi connectivity index (χ3n) is 2.79. The summed E-state index contributed by atoms with van der Waals surface area (Å²) in [5, 5.41) is 13.2. The highest BCUT2D eigenvalue weighted by molar-refractivity contribution is 5.75. The quantitative estimate of drug-likeness (QED) is 0.648. The van der Waals surface area contributed by atoms with Crippen LogP contribution in [0, 0.1) is 5.92 Å². The molecule has 3 N–H and O–H groups in total. The summed E-state index contributed by atoms with van der Waals surface area (Å²) < 4.78 is 5.16. The number of hydrogen-bond acceptors (Lipinski definition) is 4. The van der Waals surface area contributed by atoms with Crippen LogP contribution in [-0.4, -0.2) is 54.5 Å². The minimum atomic E-state index is -0.916. The van der Waals surface area contributed by atoms with Crippen LogP contribution in [0.25, 0.3) is 0 Å². The SMILES string of the molecule is CC(C)C(CC(=O)O)NC(=O)NN1CCOCC1. The van der Waals surface area contributed by atoms with Crippen LogP contribution in [0.15, 0.2) is 0 Å². The van der Waals surface area contributed by atoms with Crippen LogP contribution in [0.5, 0.6) is 0 Å². The fourth-order valence-electron chi connectivity index (χ4n) is 1.66. The van der Waals surface area contributed by atoms with Crippen LogP contribution in [0.2, 0.25) is 0 Å². The number of nitrogens with zero attached hydrogens (tertiary/aromatic N) is 1. The fraction of sp³-hybridized carbons (Fsp3) is 0.818. The first kappa shape index (κ1) is 14.7. The van der Waals surface area contributed by atoms with Gasteiger partial charge in [0.05, 0.1) is 19.6 Å². The summed E-state index contributed by atoms with van der Waals surface area (Å²) in [5.74, 6) is -0.850. The minimum absolute atomic E-state index is 0.0662. The van der Waals surface area contributed by atoms with E-state index in [0.29, 0.717) is 26.3 Å². The van der Waals surface area contributed by atoms with E-state index < -0.39 is 5.97 Å². The maximum absolute atomic E-state index is 11.7. The molecule has 7 heteroatoms. The number of rotatable bonds is 5. The number of carboxylic acids is 1. The van der Waals surface area contributed by atoms with Crippen molar-refractivity contribution in [1.82, 2.24) is 15.8 Å². The molecule has 0 aromatic rings. The van der Waals surface area contributed by atoms with E-state index in [2.05, 4.69) is 10.7 Å². The van der Waals surface area contributed by atoms with Crippen molar-refractivity contribution in [1.29, 1.82) is 0 Å². The number of aliphatic carboxylic acids is 1. The molecular formula is C11H21N3O4. The number of carbonyl (C=O) groups is 2. The van der Waals surface area contributed by atoms with Gasteiger partial charge in [0.25, 0.3) is 0 Å². The molecule has 0 aromatic heterocycles. The zero-order valence-electron chi connectivity index (χ0n) is 10.8. The number of carbonyl (C=O) groups excluding carboxylic acids is 1. The fourth-order valence-corrected chi connectivity index (χ4v) is 1.66. The molecule has 1 saturated heterocycles. The molecule has 1 rings (SSSR count). The number of urea groups is 1. The van der Waals surface area contributed by atoms with Gasteiger partial charge in [0, 0.05) is 19.1 Å². The number of amides is 2. The Balaban J connectivity index is 2.37. The second-order valence-corrected chi connectivity index (χ2v) is 4.63. The smallest absolute Gasteiger partial charge is 0.329 e. The zero-order valence-corrected chi connectivity index (χ0v) is 10.8. The highest BCUT2D eigenvalue weighted by atomic mass is 16.5. The highest BCUT2D eigenvalue weighted by Gasteiger charge is 2.20. The lowest BCUT2D eigenvalue weighted by Gasteiger charge is -2.28. The molecule has 18 heavy (non-hydrogen) atoms. The van der Waals surface area contributed by atoms with Gasteiger partial charge in [-0.25, -0.2) is 9.80 Å². The number of hydrazine groups is 1. The molecule has 1 fully saturated rings. The first-order chi connectivity index (χ1) is 8.49.